The number of hydrogen-bond donors (Lipinski definition) is 1. The van der Waals surface area contributed by atoms with Crippen LogP contribution in [-0.2, 0) is 0 Å². The van der Waals surface area contributed by atoms with Gasteiger partial charge in [0, 0.05) is 25.1 Å². The lowest BCUT2D eigenvalue weighted by atomic mass is 9.97. The molecule has 0 aliphatic heterocycles. The average Bonchev–Trinajstić information content (AvgIpc) is 2.37. The van der Waals surface area contributed by atoms with Gasteiger partial charge < -0.3 is 10.6 Å². The number of halogens is 2. The highest BCUT2D eigenvalue weighted by atomic mass is 19.1. The molecule has 0 spiro atoms. The Morgan fingerprint density at radius 1 is 1.16 bits per heavy atom. The molecule has 1 aromatic carbocycles. The Balaban J connectivity index is 2.80. The normalized spacial score (nSPS) is 12.9. The monoisotopic (exact) mass is 270 g/mol. The smallest absolute Gasteiger partial charge is 0.129 e. The fourth-order valence-electron chi connectivity index (χ4n) is 2.37. The van der Waals surface area contributed by atoms with Gasteiger partial charge in [-0.2, -0.15) is 0 Å². The zero-order chi connectivity index (χ0) is 14.3. The molecule has 2 nitrogen and oxygen atoms in total. The van der Waals surface area contributed by atoms with Crippen LogP contribution in [0.4, 0.5) is 8.78 Å². The summed E-state index contributed by atoms with van der Waals surface area (Å²) in [6.07, 6.45) is 2.12. The number of benzene rings is 1. The maximum Gasteiger partial charge on any atom is 0.129 e. The van der Waals surface area contributed by atoms with Gasteiger partial charge in [0.05, 0.1) is 0 Å². The Kier molecular flexibility index (Phi) is 6.95. The van der Waals surface area contributed by atoms with Gasteiger partial charge in [0.25, 0.3) is 0 Å². The van der Waals surface area contributed by atoms with Gasteiger partial charge in [-0.25, -0.2) is 8.78 Å². The second-order valence-corrected chi connectivity index (χ2v) is 4.90. The van der Waals surface area contributed by atoms with Crippen LogP contribution in [0.15, 0.2) is 18.2 Å². The molecule has 1 unspecified atom stereocenters. The average molecular weight is 270 g/mol. The van der Waals surface area contributed by atoms with Crippen LogP contribution in [0.1, 0.15) is 38.2 Å². The first-order valence-electron chi connectivity index (χ1n) is 6.99. The molecular weight excluding hydrogens is 246 g/mol. The third-order valence-corrected chi connectivity index (χ3v) is 3.25. The molecule has 0 heterocycles. The van der Waals surface area contributed by atoms with Crippen molar-refractivity contribution in [1.82, 2.24) is 4.90 Å². The summed E-state index contributed by atoms with van der Waals surface area (Å²) in [6, 6.07) is 3.74. The van der Waals surface area contributed by atoms with Crippen molar-refractivity contribution in [2.75, 3.05) is 26.2 Å². The van der Waals surface area contributed by atoms with E-state index in [2.05, 4.69) is 18.7 Å². The third kappa shape index (κ3) is 4.88. The second kappa shape index (κ2) is 8.23. The number of nitrogens with zero attached hydrogens (tertiary/aromatic N) is 1. The molecule has 0 saturated carbocycles. The molecule has 1 rings (SSSR count). The minimum Gasteiger partial charge on any atom is -0.330 e. The topological polar surface area (TPSA) is 29.3 Å². The Morgan fingerprint density at radius 2 is 1.79 bits per heavy atom. The molecule has 0 aromatic heterocycles. The van der Waals surface area contributed by atoms with E-state index in [0.717, 1.165) is 38.5 Å². The fourth-order valence-corrected chi connectivity index (χ4v) is 2.37. The summed E-state index contributed by atoms with van der Waals surface area (Å²) in [5.74, 6) is -1.13. The van der Waals surface area contributed by atoms with Gasteiger partial charge >= 0.3 is 0 Å². The summed E-state index contributed by atoms with van der Waals surface area (Å²) in [4.78, 5) is 2.29. The van der Waals surface area contributed by atoms with Crippen LogP contribution in [0.25, 0.3) is 0 Å². The van der Waals surface area contributed by atoms with Gasteiger partial charge in [0.15, 0.2) is 0 Å². The first kappa shape index (κ1) is 16.1. The molecule has 0 amide bonds. The van der Waals surface area contributed by atoms with E-state index >= 15 is 0 Å². The van der Waals surface area contributed by atoms with Crippen molar-refractivity contribution >= 4 is 0 Å². The highest BCUT2D eigenvalue weighted by Crippen LogP contribution is 2.21. The van der Waals surface area contributed by atoms with Crippen LogP contribution in [0.2, 0.25) is 0 Å². The maximum absolute atomic E-state index is 13.8. The molecule has 4 heteroatoms. The third-order valence-electron chi connectivity index (χ3n) is 3.25. The molecule has 0 saturated heterocycles. The quantitative estimate of drug-likeness (QED) is 0.786. The van der Waals surface area contributed by atoms with Crippen LogP contribution in [0, 0.1) is 11.6 Å². The van der Waals surface area contributed by atoms with Crippen LogP contribution in [-0.4, -0.2) is 31.1 Å². The fraction of sp³-hybridized carbons (Fsp3) is 0.600. The minimum absolute atomic E-state index is 0.0845. The molecule has 0 fully saturated rings. The van der Waals surface area contributed by atoms with Crippen molar-refractivity contribution in [1.29, 1.82) is 0 Å². The Morgan fingerprint density at radius 3 is 2.26 bits per heavy atom. The molecule has 0 aliphatic carbocycles. The first-order valence-corrected chi connectivity index (χ1v) is 6.99. The van der Waals surface area contributed by atoms with E-state index in [4.69, 9.17) is 5.73 Å². The standard InChI is InChI=1S/C15H24F2N2/c1-3-7-19(8-4-2)11-12(10-18)14-6-5-13(16)9-15(14)17/h5-6,9,12H,3-4,7-8,10-11,18H2,1-2H3. The summed E-state index contributed by atoms with van der Waals surface area (Å²) in [6.45, 7) is 7.30. The molecular formula is C15H24F2N2. The predicted molar refractivity (Wildman–Crippen MR) is 75.2 cm³/mol. The molecule has 0 aliphatic rings. The largest absolute Gasteiger partial charge is 0.330 e. The van der Waals surface area contributed by atoms with E-state index in [1.807, 2.05) is 0 Å². The van der Waals surface area contributed by atoms with Gasteiger partial charge in [-0.05, 0) is 37.6 Å². The number of nitrogens with two attached hydrogens (primary N) is 1. The zero-order valence-corrected chi connectivity index (χ0v) is 11.8. The molecule has 108 valence electrons. The summed E-state index contributed by atoms with van der Waals surface area (Å²) in [5, 5.41) is 0. The summed E-state index contributed by atoms with van der Waals surface area (Å²) in [5.41, 5.74) is 6.28. The van der Waals surface area contributed by atoms with Gasteiger partial charge in [0.2, 0.25) is 0 Å². The van der Waals surface area contributed by atoms with Gasteiger partial charge in [0.1, 0.15) is 11.6 Å². The maximum atomic E-state index is 13.8. The number of hydrogen-bond acceptors (Lipinski definition) is 2. The van der Waals surface area contributed by atoms with Crippen molar-refractivity contribution < 1.29 is 8.78 Å². The SMILES string of the molecule is CCCN(CCC)CC(CN)c1ccc(F)cc1F. The highest BCUT2D eigenvalue weighted by molar-refractivity contribution is 5.23. The lowest BCUT2D eigenvalue weighted by Crippen LogP contribution is -2.33. The summed E-state index contributed by atoms with van der Waals surface area (Å²) >= 11 is 0. The Bertz CT molecular complexity index is 376. The predicted octanol–water partition coefficient (Wildman–Crippen LogP) is 3.13. The van der Waals surface area contributed by atoms with E-state index in [0.29, 0.717) is 12.1 Å². The van der Waals surface area contributed by atoms with E-state index in [9.17, 15) is 8.78 Å². The summed E-state index contributed by atoms with van der Waals surface area (Å²) in [7, 11) is 0. The minimum atomic E-state index is -0.545. The second-order valence-electron chi connectivity index (χ2n) is 4.90. The van der Waals surface area contributed by atoms with E-state index in [1.165, 1.54) is 12.1 Å². The molecule has 1 aromatic rings. The Hall–Kier alpha value is -1.00. The zero-order valence-electron chi connectivity index (χ0n) is 11.8. The van der Waals surface area contributed by atoms with E-state index in [-0.39, 0.29) is 5.92 Å². The van der Waals surface area contributed by atoms with Crippen LogP contribution < -0.4 is 5.73 Å². The van der Waals surface area contributed by atoms with Crippen molar-refractivity contribution in [3.63, 3.8) is 0 Å². The first-order chi connectivity index (χ1) is 9.12. The van der Waals surface area contributed by atoms with Gasteiger partial charge in [-0.1, -0.05) is 19.9 Å². The van der Waals surface area contributed by atoms with Crippen molar-refractivity contribution in [2.24, 2.45) is 5.73 Å². The van der Waals surface area contributed by atoms with Crippen LogP contribution >= 0.6 is 0 Å². The van der Waals surface area contributed by atoms with Crippen molar-refractivity contribution in [3.05, 3.63) is 35.4 Å². The van der Waals surface area contributed by atoms with Crippen LogP contribution in [0.3, 0.4) is 0 Å². The number of rotatable bonds is 8. The Labute approximate surface area is 114 Å². The van der Waals surface area contributed by atoms with Crippen LogP contribution in [0.5, 0.6) is 0 Å². The molecule has 0 radical (unpaired) electrons. The molecule has 1 atom stereocenters. The van der Waals surface area contributed by atoms with Crippen molar-refractivity contribution in [3.8, 4) is 0 Å². The molecule has 0 bridgehead atoms. The summed E-state index contributed by atoms with van der Waals surface area (Å²) < 4.78 is 26.7. The van der Waals surface area contributed by atoms with Crippen molar-refractivity contribution in [2.45, 2.75) is 32.6 Å². The lowest BCUT2D eigenvalue weighted by Gasteiger charge is -2.26. The van der Waals surface area contributed by atoms with E-state index in [1.54, 1.807) is 0 Å². The van der Waals surface area contributed by atoms with Gasteiger partial charge in [-0.3, -0.25) is 0 Å². The highest BCUT2D eigenvalue weighted by Gasteiger charge is 2.18. The molecule has 19 heavy (non-hydrogen) atoms. The molecule has 2 N–H and O–H groups in total. The van der Waals surface area contributed by atoms with E-state index < -0.39 is 11.6 Å². The lowest BCUT2D eigenvalue weighted by molar-refractivity contribution is 0.256. The van der Waals surface area contributed by atoms with Gasteiger partial charge in [-0.15, -0.1) is 0 Å².